The van der Waals surface area contributed by atoms with E-state index in [2.05, 4.69) is 48.0 Å². The van der Waals surface area contributed by atoms with Gasteiger partial charge in [0.05, 0.1) is 28.8 Å². The Labute approximate surface area is 201 Å². The number of aromatic nitrogens is 2. The van der Waals surface area contributed by atoms with E-state index in [1.54, 1.807) is 31.3 Å². The molecule has 0 aliphatic heterocycles. The zero-order chi connectivity index (χ0) is 22.7. The van der Waals surface area contributed by atoms with Gasteiger partial charge < -0.3 is 4.74 Å². The van der Waals surface area contributed by atoms with Crippen molar-refractivity contribution in [3.8, 4) is 11.8 Å². The van der Waals surface area contributed by atoms with Crippen LogP contribution in [0.1, 0.15) is 22.5 Å². The fourth-order valence-corrected chi connectivity index (χ4v) is 3.92. The molecule has 0 atom stereocenters. The average Bonchev–Trinajstić information content (AvgIpc) is 2.79. The Hall–Kier alpha value is -3.28. The Kier molecular flexibility index (Phi) is 6.49. The van der Waals surface area contributed by atoms with Gasteiger partial charge in [0.2, 0.25) is 0 Å². The Morgan fingerprint density at radius 2 is 1.88 bits per heavy atom. The summed E-state index contributed by atoms with van der Waals surface area (Å²) in [6.07, 6.45) is 1.57. The van der Waals surface area contributed by atoms with Crippen LogP contribution in [0.4, 0.5) is 0 Å². The highest BCUT2D eigenvalue weighted by molar-refractivity contribution is 9.10. The fraction of sp³-hybridized carbons (Fsp3) is 0.0833. The van der Waals surface area contributed by atoms with E-state index in [1.165, 1.54) is 4.68 Å². The molecule has 4 aromatic rings. The second-order valence-corrected chi connectivity index (χ2v) is 8.75. The van der Waals surface area contributed by atoms with Crippen LogP contribution in [0, 0.1) is 18.3 Å². The first-order chi connectivity index (χ1) is 15.5. The summed E-state index contributed by atoms with van der Waals surface area (Å²) in [6, 6.07) is 20.3. The Morgan fingerprint density at radius 3 is 2.69 bits per heavy atom. The number of benzene rings is 3. The lowest BCUT2D eigenvalue weighted by Gasteiger charge is -2.11. The van der Waals surface area contributed by atoms with E-state index in [0.29, 0.717) is 33.6 Å². The highest BCUT2D eigenvalue weighted by Gasteiger charge is 2.10. The number of halogens is 2. The molecule has 6 nitrogen and oxygen atoms in total. The summed E-state index contributed by atoms with van der Waals surface area (Å²) in [5, 5.41) is 14.2. The minimum Gasteiger partial charge on any atom is -0.488 e. The molecule has 0 saturated heterocycles. The zero-order valence-corrected chi connectivity index (χ0v) is 20.1. The van der Waals surface area contributed by atoms with Gasteiger partial charge in [-0.15, -0.1) is 0 Å². The predicted octanol–water partition coefficient (Wildman–Crippen LogP) is 5.56. The lowest BCUT2D eigenvalue weighted by molar-refractivity contribution is 0.305. The molecular formula is C24H16Br2N4O2. The van der Waals surface area contributed by atoms with E-state index in [-0.39, 0.29) is 12.2 Å². The van der Waals surface area contributed by atoms with Gasteiger partial charge in [0.1, 0.15) is 18.2 Å². The first kappa shape index (κ1) is 21.9. The number of rotatable bonds is 5. The molecule has 0 aliphatic carbocycles. The van der Waals surface area contributed by atoms with Crippen LogP contribution in [0.15, 0.2) is 79.5 Å². The van der Waals surface area contributed by atoms with Gasteiger partial charge in [-0.25, -0.2) is 4.98 Å². The molecule has 0 spiro atoms. The summed E-state index contributed by atoms with van der Waals surface area (Å²) >= 11 is 6.86. The number of fused-ring (bicyclic) bond motifs is 1. The number of hydrogen-bond acceptors (Lipinski definition) is 5. The Morgan fingerprint density at radius 1 is 1.12 bits per heavy atom. The van der Waals surface area contributed by atoms with Gasteiger partial charge >= 0.3 is 0 Å². The molecule has 4 rings (SSSR count). The average molecular weight is 552 g/mol. The summed E-state index contributed by atoms with van der Waals surface area (Å²) in [6.45, 7) is 1.97. The molecule has 1 heterocycles. The van der Waals surface area contributed by atoms with Crippen molar-refractivity contribution in [3.05, 3.63) is 102 Å². The second kappa shape index (κ2) is 9.47. The molecule has 0 saturated carbocycles. The van der Waals surface area contributed by atoms with Crippen LogP contribution >= 0.6 is 31.9 Å². The highest BCUT2D eigenvalue weighted by Crippen LogP contribution is 2.23. The summed E-state index contributed by atoms with van der Waals surface area (Å²) in [4.78, 5) is 17.5. The van der Waals surface area contributed by atoms with Crippen LogP contribution in [0.3, 0.4) is 0 Å². The van der Waals surface area contributed by atoms with Crippen LogP contribution in [0.2, 0.25) is 0 Å². The van der Waals surface area contributed by atoms with E-state index in [4.69, 9.17) is 4.74 Å². The Balaban J connectivity index is 1.69. The van der Waals surface area contributed by atoms with Crippen molar-refractivity contribution in [2.45, 2.75) is 13.5 Å². The molecule has 0 bridgehead atoms. The summed E-state index contributed by atoms with van der Waals surface area (Å²) in [5.41, 5.74) is 2.39. The second-order valence-electron chi connectivity index (χ2n) is 6.92. The topological polar surface area (TPSA) is 80.3 Å². The molecule has 0 unspecified atom stereocenters. The highest BCUT2D eigenvalue weighted by atomic mass is 79.9. The number of ether oxygens (including phenoxy) is 1. The Bertz CT molecular complexity index is 1460. The van der Waals surface area contributed by atoms with Gasteiger partial charge in [0, 0.05) is 20.1 Å². The third kappa shape index (κ3) is 4.64. The lowest BCUT2D eigenvalue weighted by Crippen LogP contribution is -2.20. The van der Waals surface area contributed by atoms with Crippen LogP contribution in [-0.2, 0) is 6.61 Å². The third-order valence-corrected chi connectivity index (χ3v) is 5.76. The standard InChI is InChI=1S/C24H16Br2N4O2/c1-15-29-22-8-6-20(26)11-21(22)24(31)30(15)28-13-18-10-19(25)7-9-23(18)32-14-17-5-3-2-4-16(17)12-27/h2-11,13H,14H2,1H3. The van der Waals surface area contributed by atoms with E-state index >= 15 is 0 Å². The maximum atomic E-state index is 13.0. The van der Waals surface area contributed by atoms with Crippen molar-refractivity contribution in [1.29, 1.82) is 5.26 Å². The lowest BCUT2D eigenvalue weighted by atomic mass is 10.1. The first-order valence-electron chi connectivity index (χ1n) is 9.60. The van der Waals surface area contributed by atoms with Crippen LogP contribution in [-0.4, -0.2) is 15.9 Å². The summed E-state index contributed by atoms with van der Waals surface area (Å²) < 4.78 is 8.89. The van der Waals surface area contributed by atoms with E-state index in [1.807, 2.05) is 42.5 Å². The van der Waals surface area contributed by atoms with E-state index < -0.39 is 0 Å². The largest absolute Gasteiger partial charge is 0.488 e. The van der Waals surface area contributed by atoms with Crippen molar-refractivity contribution < 1.29 is 4.74 Å². The number of nitrogens with zero attached hydrogens (tertiary/aromatic N) is 4. The van der Waals surface area contributed by atoms with Gasteiger partial charge in [0.25, 0.3) is 5.56 Å². The molecule has 0 aliphatic rings. The van der Waals surface area contributed by atoms with Crippen molar-refractivity contribution >= 4 is 49.0 Å². The molecule has 0 radical (unpaired) electrons. The predicted molar refractivity (Wildman–Crippen MR) is 131 cm³/mol. The third-order valence-electron chi connectivity index (χ3n) is 4.78. The van der Waals surface area contributed by atoms with Crippen LogP contribution < -0.4 is 10.3 Å². The van der Waals surface area contributed by atoms with Crippen molar-refractivity contribution in [2.75, 3.05) is 0 Å². The van der Waals surface area contributed by atoms with E-state index in [9.17, 15) is 10.1 Å². The van der Waals surface area contributed by atoms with Gasteiger partial charge in [-0.2, -0.15) is 15.0 Å². The maximum Gasteiger partial charge on any atom is 0.282 e. The monoisotopic (exact) mass is 550 g/mol. The van der Waals surface area contributed by atoms with Gasteiger partial charge in [0.15, 0.2) is 0 Å². The number of nitriles is 1. The van der Waals surface area contributed by atoms with Crippen molar-refractivity contribution in [2.24, 2.45) is 5.10 Å². The minimum atomic E-state index is -0.259. The van der Waals surface area contributed by atoms with Gasteiger partial charge in [-0.3, -0.25) is 4.79 Å². The fourth-order valence-electron chi connectivity index (χ4n) is 3.18. The number of aryl methyl sites for hydroxylation is 1. The van der Waals surface area contributed by atoms with Crippen LogP contribution in [0.25, 0.3) is 10.9 Å². The minimum absolute atomic E-state index is 0.233. The molecule has 1 aromatic heterocycles. The molecular weight excluding hydrogens is 536 g/mol. The molecule has 0 N–H and O–H groups in total. The SMILES string of the molecule is Cc1nc2ccc(Br)cc2c(=O)n1N=Cc1cc(Br)ccc1OCc1ccccc1C#N. The molecule has 3 aromatic carbocycles. The van der Waals surface area contributed by atoms with Crippen molar-refractivity contribution in [1.82, 2.24) is 9.66 Å². The normalized spacial score (nSPS) is 11.1. The zero-order valence-electron chi connectivity index (χ0n) is 16.9. The quantitative estimate of drug-likeness (QED) is 0.304. The molecule has 8 heteroatoms. The van der Waals surface area contributed by atoms with Crippen molar-refractivity contribution in [3.63, 3.8) is 0 Å². The molecule has 0 fully saturated rings. The number of hydrogen-bond donors (Lipinski definition) is 0. The van der Waals surface area contributed by atoms with E-state index in [0.717, 1.165) is 14.5 Å². The van der Waals surface area contributed by atoms with Crippen LogP contribution in [0.5, 0.6) is 5.75 Å². The van der Waals surface area contributed by atoms with Gasteiger partial charge in [-0.05, 0) is 49.4 Å². The van der Waals surface area contributed by atoms with Gasteiger partial charge in [-0.1, -0.05) is 50.1 Å². The molecule has 158 valence electrons. The summed E-state index contributed by atoms with van der Waals surface area (Å²) in [7, 11) is 0. The smallest absolute Gasteiger partial charge is 0.282 e. The maximum absolute atomic E-state index is 13.0. The first-order valence-corrected chi connectivity index (χ1v) is 11.2. The molecule has 0 amide bonds. The molecule has 32 heavy (non-hydrogen) atoms. The summed E-state index contributed by atoms with van der Waals surface area (Å²) in [5.74, 6) is 1.05.